The summed E-state index contributed by atoms with van der Waals surface area (Å²) in [6.07, 6.45) is 7.48. The van der Waals surface area contributed by atoms with Crippen molar-refractivity contribution in [3.8, 4) is 0 Å². The zero-order valence-corrected chi connectivity index (χ0v) is 35.5. The number of nitrogens with two attached hydrogens (primary N) is 1. The highest BCUT2D eigenvalue weighted by molar-refractivity contribution is 9.10. The van der Waals surface area contributed by atoms with Crippen molar-refractivity contribution in [2.75, 3.05) is 70.0 Å². The van der Waals surface area contributed by atoms with Crippen molar-refractivity contribution < 1.29 is 19.2 Å². The lowest BCUT2D eigenvalue weighted by atomic mass is 9.81. The molecule has 4 fully saturated rings. The van der Waals surface area contributed by atoms with E-state index >= 15 is 0 Å². The molecule has 56 heavy (non-hydrogen) atoms. The number of anilines is 2. The lowest BCUT2D eigenvalue weighted by Crippen LogP contribution is -2.51. The molecule has 0 spiro atoms. The minimum Gasteiger partial charge on any atom is -0.396 e. The number of rotatable bonds is 7. The molecule has 2 aliphatic carbocycles. The maximum atomic E-state index is 12.9. The van der Waals surface area contributed by atoms with Crippen LogP contribution in [0.4, 0.5) is 11.5 Å². The molecule has 2 saturated carbocycles. The Kier molecular flexibility index (Phi) is 14.1. The molecule has 15 nitrogen and oxygen atoms in total. The van der Waals surface area contributed by atoms with Gasteiger partial charge in [0, 0.05) is 91.1 Å². The number of carbonyl (C=O) groups excluding carboxylic acids is 4. The predicted molar refractivity (Wildman–Crippen MR) is 221 cm³/mol. The molecule has 0 unspecified atom stereocenters. The van der Waals surface area contributed by atoms with Crippen molar-refractivity contribution in [3.05, 3.63) is 44.0 Å². The summed E-state index contributed by atoms with van der Waals surface area (Å²) in [5.41, 5.74) is 7.88. The number of H-pyrrole nitrogens is 1. The van der Waals surface area contributed by atoms with E-state index in [9.17, 15) is 24.0 Å². The number of nitrogen functional groups attached to an aromatic ring is 1. The van der Waals surface area contributed by atoms with E-state index < -0.39 is 0 Å². The number of pyridine rings is 2. The Labute approximate surface area is 344 Å². The second-order valence-electron chi connectivity index (χ2n) is 15.6. The molecule has 0 radical (unpaired) electrons. The molecule has 4 amide bonds. The van der Waals surface area contributed by atoms with E-state index in [-0.39, 0.29) is 41.2 Å². The Bertz CT molecular complexity index is 1920. The Morgan fingerprint density at radius 1 is 0.696 bits per heavy atom. The molecule has 2 aliphatic heterocycles. The van der Waals surface area contributed by atoms with Crippen LogP contribution in [0.25, 0.3) is 11.2 Å². The first kappa shape index (κ1) is 41.6. The first-order valence-corrected chi connectivity index (χ1v) is 21.4. The summed E-state index contributed by atoms with van der Waals surface area (Å²) in [6.45, 7) is 9.75. The number of hydrogen-bond donors (Lipinski definition) is 3. The van der Waals surface area contributed by atoms with Gasteiger partial charge in [0.05, 0.1) is 11.2 Å². The van der Waals surface area contributed by atoms with Gasteiger partial charge in [-0.15, -0.1) is 0 Å². The second-order valence-corrected chi connectivity index (χ2v) is 17.2. The van der Waals surface area contributed by atoms with Gasteiger partial charge in [0.15, 0.2) is 11.5 Å². The fraction of sp³-hybridized carbons (Fsp3) is 0.615. The molecule has 4 aliphatic rings. The van der Waals surface area contributed by atoms with Crippen LogP contribution in [-0.4, -0.2) is 122 Å². The van der Waals surface area contributed by atoms with E-state index in [1.54, 1.807) is 23.3 Å². The van der Waals surface area contributed by atoms with Crippen LogP contribution in [0.5, 0.6) is 0 Å². The summed E-state index contributed by atoms with van der Waals surface area (Å²) in [7, 11) is 0. The van der Waals surface area contributed by atoms with Crippen LogP contribution in [0.1, 0.15) is 65.2 Å². The predicted octanol–water partition coefficient (Wildman–Crippen LogP) is 4.32. The van der Waals surface area contributed by atoms with Gasteiger partial charge in [0.1, 0.15) is 9.21 Å². The number of hydrogen-bond acceptors (Lipinski definition) is 9. The summed E-state index contributed by atoms with van der Waals surface area (Å²) < 4.78 is 3.18. The number of nitrogens with zero attached hydrogens (tertiary/aromatic N) is 7. The van der Waals surface area contributed by atoms with Crippen molar-refractivity contribution in [1.29, 1.82) is 0 Å². The molecule has 7 rings (SSSR count). The molecular formula is C39H54Br2N10O5. The summed E-state index contributed by atoms with van der Waals surface area (Å²) in [6, 6.07) is 7.33. The largest absolute Gasteiger partial charge is 0.396 e. The van der Waals surface area contributed by atoms with Crippen LogP contribution in [0.3, 0.4) is 0 Å². The normalized spacial score (nSPS) is 23.0. The van der Waals surface area contributed by atoms with E-state index in [4.69, 9.17) is 5.73 Å². The number of imidazole rings is 1. The van der Waals surface area contributed by atoms with Crippen LogP contribution in [0.15, 0.2) is 38.3 Å². The molecule has 0 bridgehead atoms. The van der Waals surface area contributed by atoms with Crippen molar-refractivity contribution >= 4 is 78.2 Å². The second kappa shape index (κ2) is 19.0. The molecule has 0 atom stereocenters. The van der Waals surface area contributed by atoms with E-state index in [1.165, 1.54) is 0 Å². The van der Waals surface area contributed by atoms with Crippen molar-refractivity contribution in [2.45, 2.75) is 71.8 Å². The number of nitrogens with one attached hydrogen (secondary N) is 2. The van der Waals surface area contributed by atoms with Crippen LogP contribution in [0.2, 0.25) is 0 Å². The topological polar surface area (TPSA) is 183 Å². The van der Waals surface area contributed by atoms with Crippen molar-refractivity contribution in [1.82, 2.24) is 39.1 Å². The van der Waals surface area contributed by atoms with E-state index in [1.807, 2.05) is 39.0 Å². The molecule has 5 heterocycles. The third kappa shape index (κ3) is 10.5. The molecular weight excluding hydrogens is 848 g/mol. The van der Waals surface area contributed by atoms with Gasteiger partial charge in [-0.25, -0.2) is 14.8 Å². The average Bonchev–Trinajstić information content (AvgIpc) is 3.51. The molecule has 17 heteroatoms. The zero-order valence-electron chi connectivity index (χ0n) is 32.4. The summed E-state index contributed by atoms with van der Waals surface area (Å²) >= 11 is 6.73. The van der Waals surface area contributed by atoms with Crippen LogP contribution < -0.4 is 16.7 Å². The van der Waals surface area contributed by atoms with Gasteiger partial charge >= 0.3 is 5.69 Å². The van der Waals surface area contributed by atoms with Gasteiger partial charge in [-0.05, 0) is 119 Å². The summed E-state index contributed by atoms with van der Waals surface area (Å²) in [5, 5.41) is 3.35. The third-order valence-corrected chi connectivity index (χ3v) is 12.8. The monoisotopic (exact) mass is 900 g/mol. The van der Waals surface area contributed by atoms with Gasteiger partial charge in [-0.2, -0.15) is 0 Å². The van der Waals surface area contributed by atoms with E-state index in [2.05, 4.69) is 52.1 Å². The van der Waals surface area contributed by atoms with Crippen LogP contribution in [0, 0.1) is 23.7 Å². The van der Waals surface area contributed by atoms with Crippen molar-refractivity contribution in [3.63, 3.8) is 0 Å². The highest BCUT2D eigenvalue weighted by atomic mass is 79.9. The smallest absolute Gasteiger partial charge is 0.327 e. The number of piperazine rings is 2. The van der Waals surface area contributed by atoms with Gasteiger partial charge in [-0.1, -0.05) is 0 Å². The first-order chi connectivity index (χ1) is 26.9. The minimum absolute atomic E-state index is 0.0575. The maximum Gasteiger partial charge on any atom is 0.327 e. The van der Waals surface area contributed by atoms with Crippen molar-refractivity contribution in [2.24, 2.45) is 23.7 Å². The van der Waals surface area contributed by atoms with Gasteiger partial charge in [0.25, 0.3) is 0 Å². The molecule has 4 N–H and O–H groups in total. The number of carbonyl (C=O) groups is 4. The summed E-state index contributed by atoms with van der Waals surface area (Å²) in [5.74, 6) is 2.45. The fourth-order valence-electron chi connectivity index (χ4n) is 8.47. The fourth-order valence-corrected chi connectivity index (χ4v) is 9.08. The maximum absolute atomic E-state index is 12.9. The zero-order chi connectivity index (χ0) is 39.9. The molecule has 304 valence electrons. The van der Waals surface area contributed by atoms with Crippen LogP contribution in [-0.2, 0) is 25.7 Å². The molecule has 0 aromatic carbocycles. The number of fused-ring (bicyclic) bond motifs is 1. The number of amides is 4. The lowest BCUT2D eigenvalue weighted by molar-refractivity contribution is -0.142. The molecule has 2 saturated heterocycles. The summed E-state index contributed by atoms with van der Waals surface area (Å²) in [4.78, 5) is 80.0. The lowest BCUT2D eigenvalue weighted by Gasteiger charge is -2.37. The molecule has 3 aromatic heterocycles. The van der Waals surface area contributed by atoms with E-state index in [0.717, 1.165) is 68.0 Å². The third-order valence-electron chi connectivity index (χ3n) is 11.9. The van der Waals surface area contributed by atoms with Gasteiger partial charge < -0.3 is 35.6 Å². The van der Waals surface area contributed by atoms with E-state index in [0.29, 0.717) is 92.5 Å². The highest BCUT2D eigenvalue weighted by Gasteiger charge is 2.33. The highest BCUT2D eigenvalue weighted by Crippen LogP contribution is 2.33. The number of aromatic nitrogens is 4. The Morgan fingerprint density at radius 2 is 1.16 bits per heavy atom. The average molecular weight is 903 g/mol. The van der Waals surface area contributed by atoms with Gasteiger partial charge in [0.2, 0.25) is 23.6 Å². The number of halogens is 2. The standard InChI is InChI=1S/C20H26BrN5O3.C19H28BrN5O2/c1-13(27)24-8-10-25(11-9-24)19(28)15-4-2-14(3-5-15)12-26-18-16(22-20(26)29)6-7-17(21)23-18;1-13(26)24-8-10-25(11-9-24)19(27)15-4-2-14(3-5-15)12-22-18-16(21)6-7-17(20)23-18/h6-7,14-15H,2-5,8-12H2,1H3,(H,22,29);6-7,14-15H,2-5,8-12,21H2,1H3,(H,22,23). The first-order valence-electron chi connectivity index (χ1n) is 19.9. The van der Waals surface area contributed by atoms with Crippen LogP contribution >= 0.6 is 31.9 Å². The molecule has 3 aromatic rings. The number of aromatic amines is 1. The Morgan fingerprint density at radius 3 is 1.68 bits per heavy atom. The SMILES string of the molecule is CC(=O)N1CCN(C(=O)C2CCC(CNc3nc(Br)ccc3N)CC2)CC1.CC(=O)N1CCN(C(=O)C2CCC(Cn3c(=O)[nH]c4ccc(Br)nc43)CC2)CC1. The Balaban J connectivity index is 0.000000190. The van der Waals surface area contributed by atoms with Gasteiger partial charge in [-0.3, -0.25) is 23.7 Å². The minimum atomic E-state index is -0.132. The Hall–Kier alpha value is -3.99. The quantitative estimate of drug-likeness (QED) is 0.291.